The summed E-state index contributed by atoms with van der Waals surface area (Å²) in [7, 11) is 0. The molecule has 0 aromatic heterocycles. The van der Waals surface area contributed by atoms with Crippen molar-refractivity contribution in [2.45, 2.75) is 26.7 Å². The van der Waals surface area contributed by atoms with Crippen LogP contribution in [0.25, 0.3) is 22.3 Å². The Morgan fingerprint density at radius 1 is 0.636 bits per heavy atom. The first-order chi connectivity index (χ1) is 10.8. The Hall–Kier alpha value is -2.34. The van der Waals surface area contributed by atoms with Crippen LogP contribution in [0.5, 0.6) is 0 Å². The molecule has 0 amide bonds. The predicted octanol–water partition coefficient (Wildman–Crippen LogP) is 5.95. The van der Waals surface area contributed by atoms with Crippen LogP contribution in [-0.2, 0) is 12.8 Å². The second-order valence-corrected chi connectivity index (χ2v) is 5.48. The van der Waals surface area contributed by atoms with Gasteiger partial charge in [0.05, 0.1) is 0 Å². The maximum absolute atomic E-state index is 3.48. The van der Waals surface area contributed by atoms with Crippen molar-refractivity contribution in [2.75, 3.05) is 0 Å². The Balaban J connectivity index is 2.23. The molecule has 3 aromatic carbocycles. The average molecular weight is 285 g/mol. The predicted molar refractivity (Wildman–Crippen MR) is 94.9 cm³/mol. The third-order valence-corrected chi connectivity index (χ3v) is 4.21. The van der Waals surface area contributed by atoms with Crippen LogP contribution < -0.4 is 0 Å². The highest BCUT2D eigenvalue weighted by Gasteiger charge is 2.11. The molecule has 0 fully saturated rings. The Labute approximate surface area is 133 Å². The minimum absolute atomic E-state index is 1.04. The van der Waals surface area contributed by atoms with Gasteiger partial charge in [0.25, 0.3) is 0 Å². The van der Waals surface area contributed by atoms with Crippen LogP contribution in [0.3, 0.4) is 0 Å². The van der Waals surface area contributed by atoms with Crippen molar-refractivity contribution in [3.63, 3.8) is 0 Å². The fourth-order valence-electron chi connectivity index (χ4n) is 3.05. The lowest BCUT2D eigenvalue weighted by molar-refractivity contribution is 1.14. The molecule has 0 heterocycles. The standard InChI is InChI=1S/C22H21/c1-3-17-11-5-7-13-19(17)21-15-9-10-16-22(21)20-14-8-6-12-18(20)4-2/h5-15H,3-4H2,1-2H3. The quantitative estimate of drug-likeness (QED) is 0.556. The average Bonchev–Trinajstić information content (AvgIpc) is 2.61. The van der Waals surface area contributed by atoms with E-state index < -0.39 is 0 Å². The molecule has 0 atom stereocenters. The van der Waals surface area contributed by atoms with Gasteiger partial charge >= 0.3 is 0 Å². The van der Waals surface area contributed by atoms with Gasteiger partial charge in [-0.05, 0) is 52.3 Å². The number of rotatable bonds is 4. The largest absolute Gasteiger partial charge is 0.0620 e. The highest BCUT2D eigenvalue weighted by atomic mass is 14.2. The van der Waals surface area contributed by atoms with Crippen LogP contribution in [0.1, 0.15) is 25.0 Å². The highest BCUT2D eigenvalue weighted by Crippen LogP contribution is 2.35. The van der Waals surface area contributed by atoms with Gasteiger partial charge in [0.1, 0.15) is 0 Å². The van der Waals surface area contributed by atoms with Crippen molar-refractivity contribution < 1.29 is 0 Å². The molecule has 3 rings (SSSR count). The molecule has 0 saturated heterocycles. The molecule has 0 aliphatic carbocycles. The van der Waals surface area contributed by atoms with Crippen LogP contribution in [0.2, 0.25) is 0 Å². The number of aryl methyl sites for hydroxylation is 2. The molecule has 0 bridgehead atoms. The molecule has 0 saturated carbocycles. The minimum atomic E-state index is 1.04. The van der Waals surface area contributed by atoms with Crippen molar-refractivity contribution >= 4 is 0 Å². The van der Waals surface area contributed by atoms with E-state index in [0.717, 1.165) is 12.8 Å². The summed E-state index contributed by atoms with van der Waals surface area (Å²) >= 11 is 0. The second-order valence-electron chi connectivity index (χ2n) is 5.48. The lowest BCUT2D eigenvalue weighted by atomic mass is 9.89. The topological polar surface area (TPSA) is 0 Å². The van der Waals surface area contributed by atoms with E-state index in [1.165, 1.54) is 33.4 Å². The number of hydrogen-bond acceptors (Lipinski definition) is 0. The molecule has 0 heteroatoms. The summed E-state index contributed by atoms with van der Waals surface area (Å²) in [4.78, 5) is 0. The van der Waals surface area contributed by atoms with Crippen molar-refractivity contribution in [1.29, 1.82) is 0 Å². The molecular weight excluding hydrogens is 264 g/mol. The summed E-state index contributed by atoms with van der Waals surface area (Å²) in [5, 5.41) is 0. The third kappa shape index (κ3) is 2.69. The van der Waals surface area contributed by atoms with Crippen molar-refractivity contribution in [1.82, 2.24) is 0 Å². The SMILES string of the molecule is CCc1ccccc1-c1[c]cccc1-c1ccccc1CC. The van der Waals surface area contributed by atoms with E-state index in [9.17, 15) is 0 Å². The molecule has 22 heavy (non-hydrogen) atoms. The van der Waals surface area contributed by atoms with Gasteiger partial charge in [-0.15, -0.1) is 0 Å². The summed E-state index contributed by atoms with van der Waals surface area (Å²) < 4.78 is 0. The van der Waals surface area contributed by atoms with E-state index in [2.05, 4.69) is 80.6 Å². The van der Waals surface area contributed by atoms with E-state index in [4.69, 9.17) is 0 Å². The van der Waals surface area contributed by atoms with E-state index >= 15 is 0 Å². The Morgan fingerprint density at radius 3 is 1.86 bits per heavy atom. The zero-order valence-corrected chi connectivity index (χ0v) is 13.3. The zero-order valence-electron chi connectivity index (χ0n) is 13.3. The van der Waals surface area contributed by atoms with Gasteiger partial charge in [-0.3, -0.25) is 0 Å². The van der Waals surface area contributed by atoms with E-state index in [0.29, 0.717) is 0 Å². The van der Waals surface area contributed by atoms with Gasteiger partial charge in [0, 0.05) is 0 Å². The Bertz CT molecular complexity index is 702. The smallest absolute Gasteiger partial charge is 0.00237 e. The molecule has 1 radical (unpaired) electrons. The number of benzene rings is 3. The number of hydrogen-bond donors (Lipinski definition) is 0. The molecule has 0 aliphatic rings. The maximum Gasteiger partial charge on any atom is -0.00237 e. The lowest BCUT2D eigenvalue weighted by Crippen LogP contribution is -1.93. The minimum Gasteiger partial charge on any atom is -0.0620 e. The third-order valence-electron chi connectivity index (χ3n) is 4.21. The van der Waals surface area contributed by atoms with Gasteiger partial charge in [0.15, 0.2) is 0 Å². The van der Waals surface area contributed by atoms with E-state index in [1.54, 1.807) is 0 Å². The summed E-state index contributed by atoms with van der Waals surface area (Å²) in [6.45, 7) is 4.42. The van der Waals surface area contributed by atoms with Crippen LogP contribution >= 0.6 is 0 Å². The molecule has 0 spiro atoms. The molecule has 0 aliphatic heterocycles. The normalized spacial score (nSPS) is 10.6. The lowest BCUT2D eigenvalue weighted by Gasteiger charge is -2.15. The highest BCUT2D eigenvalue weighted by molar-refractivity contribution is 5.85. The molecule has 3 aromatic rings. The van der Waals surface area contributed by atoms with E-state index in [1.807, 2.05) is 6.07 Å². The van der Waals surface area contributed by atoms with Gasteiger partial charge in [-0.2, -0.15) is 0 Å². The Kier molecular flexibility index (Phi) is 4.39. The second kappa shape index (κ2) is 6.62. The summed E-state index contributed by atoms with van der Waals surface area (Å²) in [5.74, 6) is 0. The first-order valence-electron chi connectivity index (χ1n) is 8.02. The summed E-state index contributed by atoms with van der Waals surface area (Å²) in [6.07, 6.45) is 2.08. The maximum atomic E-state index is 3.48. The van der Waals surface area contributed by atoms with Crippen molar-refractivity contribution in [3.8, 4) is 22.3 Å². The monoisotopic (exact) mass is 285 g/mol. The Morgan fingerprint density at radius 2 is 1.18 bits per heavy atom. The van der Waals surface area contributed by atoms with Crippen molar-refractivity contribution in [2.24, 2.45) is 0 Å². The van der Waals surface area contributed by atoms with Gasteiger partial charge < -0.3 is 0 Å². The molecule has 0 nitrogen and oxygen atoms in total. The fourth-order valence-corrected chi connectivity index (χ4v) is 3.05. The fraction of sp³-hybridized carbons (Fsp3) is 0.182. The summed E-state index contributed by atoms with van der Waals surface area (Å²) in [6, 6.07) is 27.1. The van der Waals surface area contributed by atoms with Gasteiger partial charge in [-0.1, -0.05) is 80.6 Å². The molecule has 0 N–H and O–H groups in total. The summed E-state index contributed by atoms with van der Waals surface area (Å²) in [5.41, 5.74) is 7.87. The van der Waals surface area contributed by atoms with Crippen molar-refractivity contribution in [3.05, 3.63) is 83.9 Å². The zero-order chi connectivity index (χ0) is 15.4. The molecule has 0 unspecified atom stereocenters. The van der Waals surface area contributed by atoms with E-state index in [-0.39, 0.29) is 0 Å². The first-order valence-corrected chi connectivity index (χ1v) is 8.02. The molecule has 109 valence electrons. The van der Waals surface area contributed by atoms with Crippen LogP contribution in [0, 0.1) is 6.07 Å². The molecular formula is C22H21. The van der Waals surface area contributed by atoms with Gasteiger partial charge in [-0.25, -0.2) is 0 Å². The van der Waals surface area contributed by atoms with Gasteiger partial charge in [0.2, 0.25) is 0 Å². The first kappa shape index (κ1) is 14.6. The van der Waals surface area contributed by atoms with Crippen LogP contribution in [-0.4, -0.2) is 0 Å². The van der Waals surface area contributed by atoms with Crippen LogP contribution in [0.4, 0.5) is 0 Å². The van der Waals surface area contributed by atoms with Crippen LogP contribution in [0.15, 0.2) is 66.7 Å².